The van der Waals surface area contributed by atoms with E-state index >= 15 is 4.39 Å². The zero-order valence-electron chi connectivity index (χ0n) is 19.5. The fourth-order valence-corrected chi connectivity index (χ4v) is 7.00. The quantitative estimate of drug-likeness (QED) is 0.514. The van der Waals surface area contributed by atoms with Gasteiger partial charge in [-0.3, -0.25) is 28.9 Å². The molecule has 9 nitrogen and oxygen atoms in total. The van der Waals surface area contributed by atoms with Crippen LogP contribution in [0.5, 0.6) is 5.75 Å². The number of amides is 1. The van der Waals surface area contributed by atoms with E-state index in [1.165, 1.54) is 13.0 Å². The topological polar surface area (TPSA) is 155 Å². The van der Waals surface area contributed by atoms with Crippen molar-refractivity contribution < 1.29 is 38.6 Å². The lowest BCUT2D eigenvalue weighted by molar-refractivity contribution is -0.188. The van der Waals surface area contributed by atoms with Crippen LogP contribution in [0.3, 0.4) is 0 Å². The Bertz CT molecular complexity index is 1230. The molecule has 1 aromatic rings. The number of rotatable bonds is 2. The molecule has 1 aliphatic heterocycles. The Balaban J connectivity index is 1.61. The van der Waals surface area contributed by atoms with E-state index in [0.717, 1.165) is 13.0 Å². The molecule has 1 saturated heterocycles. The van der Waals surface area contributed by atoms with Crippen molar-refractivity contribution >= 4 is 29.0 Å². The molecule has 10 heteroatoms. The highest BCUT2D eigenvalue weighted by Crippen LogP contribution is 2.56. The summed E-state index contributed by atoms with van der Waals surface area (Å²) in [5, 5.41) is 22.2. The SMILES string of the molecule is CN1CCCC1c1cc(O)c2c(c1F)CC1CC3(C)CC(=O)C(C(N)=O)C(=O)C3(O)C(=O)C1C2=O. The molecule has 1 aromatic carbocycles. The van der Waals surface area contributed by atoms with Gasteiger partial charge in [0.2, 0.25) is 5.91 Å². The van der Waals surface area contributed by atoms with Crippen LogP contribution in [-0.2, 0) is 25.6 Å². The molecule has 5 rings (SSSR count). The number of aliphatic hydroxyl groups is 1. The van der Waals surface area contributed by atoms with Gasteiger partial charge in [0.1, 0.15) is 11.6 Å². The molecule has 186 valence electrons. The number of aromatic hydroxyl groups is 1. The van der Waals surface area contributed by atoms with Crippen molar-refractivity contribution in [3.8, 4) is 5.75 Å². The molecule has 6 unspecified atom stereocenters. The van der Waals surface area contributed by atoms with Gasteiger partial charge in [-0.05, 0) is 51.3 Å². The number of fused-ring (bicyclic) bond motifs is 3. The molecular weight excluding hydrogens is 459 g/mol. The summed E-state index contributed by atoms with van der Waals surface area (Å²) in [7, 11) is 1.85. The molecule has 1 heterocycles. The first-order valence-electron chi connectivity index (χ1n) is 11.7. The molecule has 0 aromatic heterocycles. The normalized spacial score (nSPS) is 37.1. The van der Waals surface area contributed by atoms with Crippen LogP contribution in [0.2, 0.25) is 0 Å². The monoisotopic (exact) mass is 486 g/mol. The molecule has 2 saturated carbocycles. The van der Waals surface area contributed by atoms with Gasteiger partial charge in [0.25, 0.3) is 0 Å². The maximum absolute atomic E-state index is 15.8. The summed E-state index contributed by atoms with van der Waals surface area (Å²) in [5.74, 6) is -10.7. The smallest absolute Gasteiger partial charge is 0.235 e. The zero-order valence-corrected chi connectivity index (χ0v) is 19.5. The number of phenolic OH excluding ortho intramolecular Hbond substituents is 1. The Labute approximate surface area is 200 Å². The number of phenols is 1. The van der Waals surface area contributed by atoms with E-state index in [2.05, 4.69) is 0 Å². The molecule has 3 fully saturated rings. The number of hydrogen-bond donors (Lipinski definition) is 3. The number of benzene rings is 1. The molecule has 0 spiro atoms. The second-order valence-corrected chi connectivity index (χ2v) is 10.8. The predicted octanol–water partition coefficient (Wildman–Crippen LogP) is 0.623. The van der Waals surface area contributed by atoms with Gasteiger partial charge in [-0.15, -0.1) is 0 Å². The lowest BCUT2D eigenvalue weighted by Gasteiger charge is -2.54. The summed E-state index contributed by atoms with van der Waals surface area (Å²) in [6.07, 6.45) is 0.929. The van der Waals surface area contributed by atoms with Crippen molar-refractivity contribution in [1.29, 1.82) is 0 Å². The highest BCUT2D eigenvalue weighted by atomic mass is 19.1. The molecule has 0 radical (unpaired) electrons. The first-order valence-corrected chi connectivity index (χ1v) is 11.7. The summed E-state index contributed by atoms with van der Waals surface area (Å²) in [6.45, 7) is 2.16. The maximum atomic E-state index is 15.8. The molecule has 4 N–H and O–H groups in total. The summed E-state index contributed by atoms with van der Waals surface area (Å²) in [4.78, 5) is 66.5. The fraction of sp³-hybridized carbons (Fsp3) is 0.560. The minimum Gasteiger partial charge on any atom is -0.507 e. The van der Waals surface area contributed by atoms with Gasteiger partial charge in [-0.2, -0.15) is 0 Å². The van der Waals surface area contributed by atoms with E-state index in [-0.39, 0.29) is 35.6 Å². The third-order valence-electron chi connectivity index (χ3n) is 8.73. The Morgan fingerprint density at radius 2 is 1.91 bits per heavy atom. The number of hydrogen-bond acceptors (Lipinski definition) is 8. The standard InChI is InChI=1S/C25H27FN2O7/c1-24-8-10-6-12-17(14(29)7-11(19(12)26)13-4-3-5-28(13)2)20(31)16(10)21(32)25(24,35)22(33)18(23(27)34)15(30)9-24/h7,10,13,16,18,29,35H,3-6,8-9H2,1-2H3,(H2,27,34). The van der Waals surface area contributed by atoms with Crippen molar-refractivity contribution in [2.45, 2.75) is 50.7 Å². The van der Waals surface area contributed by atoms with Gasteiger partial charge in [0, 0.05) is 29.0 Å². The third kappa shape index (κ3) is 2.96. The highest BCUT2D eigenvalue weighted by molar-refractivity contribution is 6.31. The van der Waals surface area contributed by atoms with Crippen LogP contribution in [0.25, 0.3) is 0 Å². The predicted molar refractivity (Wildman–Crippen MR) is 118 cm³/mol. The van der Waals surface area contributed by atoms with Crippen LogP contribution in [-0.4, -0.2) is 63.3 Å². The molecule has 0 bridgehead atoms. The largest absolute Gasteiger partial charge is 0.507 e. The molecular formula is C25H27FN2O7. The lowest BCUT2D eigenvalue weighted by Crippen LogP contribution is -2.72. The van der Waals surface area contributed by atoms with Gasteiger partial charge < -0.3 is 15.9 Å². The van der Waals surface area contributed by atoms with Crippen molar-refractivity contribution in [3.05, 3.63) is 28.6 Å². The number of ketones is 4. The molecule has 6 atom stereocenters. The average Bonchev–Trinajstić information content (AvgIpc) is 3.18. The number of primary amides is 1. The van der Waals surface area contributed by atoms with Gasteiger partial charge in [-0.25, -0.2) is 4.39 Å². The number of nitrogens with zero attached hydrogens (tertiary/aromatic N) is 1. The summed E-state index contributed by atoms with van der Waals surface area (Å²) in [5.41, 5.74) is 0.830. The van der Waals surface area contributed by atoms with Crippen LogP contribution in [0.4, 0.5) is 4.39 Å². The van der Waals surface area contributed by atoms with Crippen LogP contribution in [0.1, 0.15) is 60.1 Å². The van der Waals surface area contributed by atoms with E-state index in [9.17, 15) is 34.2 Å². The molecule has 3 aliphatic carbocycles. The van der Waals surface area contributed by atoms with Crippen LogP contribution in [0.15, 0.2) is 6.07 Å². The Kier molecular flexibility index (Phi) is 5.09. The fourth-order valence-electron chi connectivity index (χ4n) is 7.00. The van der Waals surface area contributed by atoms with Crippen molar-refractivity contribution in [2.24, 2.45) is 28.9 Å². The van der Waals surface area contributed by atoms with Crippen molar-refractivity contribution in [3.63, 3.8) is 0 Å². The Morgan fingerprint density at radius 3 is 2.51 bits per heavy atom. The summed E-state index contributed by atoms with van der Waals surface area (Å²) >= 11 is 0. The molecule has 1 amide bonds. The van der Waals surface area contributed by atoms with Gasteiger partial charge in [0.15, 0.2) is 34.7 Å². The molecule has 35 heavy (non-hydrogen) atoms. The number of likely N-dealkylation sites (tertiary alicyclic amines) is 1. The minimum absolute atomic E-state index is 0.0110. The second-order valence-electron chi connectivity index (χ2n) is 10.8. The van der Waals surface area contributed by atoms with E-state index in [1.54, 1.807) is 0 Å². The van der Waals surface area contributed by atoms with E-state index in [0.29, 0.717) is 6.42 Å². The number of carbonyl (C=O) groups is 5. The first-order chi connectivity index (χ1) is 16.3. The lowest BCUT2D eigenvalue weighted by atomic mass is 9.47. The summed E-state index contributed by atoms with van der Waals surface area (Å²) in [6, 6.07) is 0.965. The maximum Gasteiger partial charge on any atom is 0.235 e. The molecule has 4 aliphatic rings. The van der Waals surface area contributed by atoms with Gasteiger partial charge >= 0.3 is 0 Å². The van der Waals surface area contributed by atoms with Gasteiger partial charge in [-0.1, -0.05) is 6.92 Å². The second kappa shape index (κ2) is 7.51. The number of carbonyl (C=O) groups excluding carboxylic acids is 5. The Hall–Kier alpha value is -2.98. The van der Waals surface area contributed by atoms with E-state index < -0.39 is 75.8 Å². The van der Waals surface area contributed by atoms with Crippen LogP contribution >= 0.6 is 0 Å². The average molecular weight is 486 g/mol. The highest BCUT2D eigenvalue weighted by Gasteiger charge is 2.71. The first kappa shape index (κ1) is 23.7. The van der Waals surface area contributed by atoms with Crippen molar-refractivity contribution in [1.82, 2.24) is 4.90 Å². The third-order valence-corrected chi connectivity index (χ3v) is 8.73. The number of nitrogens with two attached hydrogens (primary N) is 1. The number of Topliss-reactive ketones (excluding diaryl/α,β-unsaturated/α-hetero) is 4. The minimum atomic E-state index is -2.77. The van der Waals surface area contributed by atoms with Crippen LogP contribution in [0, 0.1) is 29.0 Å². The van der Waals surface area contributed by atoms with E-state index in [1.807, 2.05) is 11.9 Å². The zero-order chi connectivity index (χ0) is 25.6. The van der Waals surface area contributed by atoms with Gasteiger partial charge in [0.05, 0.1) is 11.5 Å². The summed E-state index contributed by atoms with van der Waals surface area (Å²) < 4.78 is 15.8. The van der Waals surface area contributed by atoms with E-state index in [4.69, 9.17) is 5.73 Å². The van der Waals surface area contributed by atoms with Crippen molar-refractivity contribution in [2.75, 3.05) is 13.6 Å². The van der Waals surface area contributed by atoms with Crippen LogP contribution < -0.4 is 5.73 Å². The number of halogens is 1. The Morgan fingerprint density at radius 1 is 1.23 bits per heavy atom.